The molecule has 0 aliphatic heterocycles. The molecular weight excluding hydrogens is 309 g/mol. The number of esters is 1. The summed E-state index contributed by atoms with van der Waals surface area (Å²) in [5.74, 6) is -0.746. The Bertz CT molecular complexity index is 552. The third kappa shape index (κ3) is 4.94. The van der Waals surface area contributed by atoms with E-state index in [1.54, 1.807) is 0 Å². The number of hydrogen-bond donors (Lipinski definition) is 0. The lowest BCUT2D eigenvalue weighted by Gasteiger charge is -2.26. The Labute approximate surface area is 143 Å². The van der Waals surface area contributed by atoms with Crippen molar-refractivity contribution in [3.8, 4) is 5.75 Å². The van der Waals surface area contributed by atoms with Gasteiger partial charge in [0.15, 0.2) is 11.6 Å². The zero-order valence-electron chi connectivity index (χ0n) is 14.9. The van der Waals surface area contributed by atoms with Gasteiger partial charge in [0.1, 0.15) is 12.2 Å². The smallest absolute Gasteiger partial charge is 0.338 e. The minimum Gasteiger partial charge on any atom is -0.484 e. The highest BCUT2D eigenvalue weighted by molar-refractivity contribution is 5.89. The van der Waals surface area contributed by atoms with E-state index in [9.17, 15) is 9.18 Å². The molecule has 0 spiro atoms. The van der Waals surface area contributed by atoms with E-state index in [2.05, 4.69) is 18.7 Å². The zero-order valence-corrected chi connectivity index (χ0v) is 14.9. The van der Waals surface area contributed by atoms with Crippen LogP contribution in [0.25, 0.3) is 0 Å². The van der Waals surface area contributed by atoms with E-state index < -0.39 is 11.8 Å². The number of halogens is 1. The Balaban J connectivity index is 1.97. The van der Waals surface area contributed by atoms with E-state index in [0.29, 0.717) is 18.7 Å². The van der Waals surface area contributed by atoms with Gasteiger partial charge in [0.2, 0.25) is 0 Å². The van der Waals surface area contributed by atoms with Crippen molar-refractivity contribution in [2.75, 3.05) is 26.2 Å². The largest absolute Gasteiger partial charge is 0.484 e. The molecule has 0 atom stereocenters. The van der Waals surface area contributed by atoms with E-state index in [0.717, 1.165) is 38.8 Å². The van der Waals surface area contributed by atoms with E-state index >= 15 is 0 Å². The molecule has 4 nitrogen and oxygen atoms in total. The zero-order chi connectivity index (χ0) is 17.6. The van der Waals surface area contributed by atoms with Crippen molar-refractivity contribution < 1.29 is 18.7 Å². The van der Waals surface area contributed by atoms with Crippen molar-refractivity contribution in [3.63, 3.8) is 0 Å². The number of benzene rings is 1. The Morgan fingerprint density at radius 2 is 1.92 bits per heavy atom. The quantitative estimate of drug-likeness (QED) is 0.671. The molecule has 0 aromatic heterocycles. The topological polar surface area (TPSA) is 38.8 Å². The average Bonchev–Trinajstić information content (AvgIpc) is 3.00. The normalized spacial score (nSPS) is 16.4. The number of carbonyl (C=O) groups is 1. The van der Waals surface area contributed by atoms with Crippen LogP contribution in [0.2, 0.25) is 0 Å². The third-order valence-electron chi connectivity index (χ3n) is 4.72. The molecule has 1 aliphatic carbocycles. The first-order valence-electron chi connectivity index (χ1n) is 8.85. The summed E-state index contributed by atoms with van der Waals surface area (Å²) in [5, 5.41) is 0. The van der Waals surface area contributed by atoms with Crippen LogP contribution in [0, 0.1) is 5.82 Å². The number of carbonyl (C=O) groups excluding carboxylic acids is 1. The van der Waals surface area contributed by atoms with Crippen LogP contribution < -0.4 is 4.74 Å². The van der Waals surface area contributed by atoms with Gasteiger partial charge >= 0.3 is 5.97 Å². The average molecular weight is 337 g/mol. The minimum absolute atomic E-state index is 0.137. The van der Waals surface area contributed by atoms with Gasteiger partial charge in [-0.1, -0.05) is 13.8 Å². The lowest BCUT2D eigenvalue weighted by molar-refractivity contribution is 0.0463. The van der Waals surface area contributed by atoms with Gasteiger partial charge in [0, 0.05) is 6.54 Å². The molecular formula is C19H28FNO3. The van der Waals surface area contributed by atoms with Gasteiger partial charge in [-0.2, -0.15) is 0 Å². The molecule has 5 heteroatoms. The molecule has 1 fully saturated rings. The van der Waals surface area contributed by atoms with Gasteiger partial charge in [-0.25, -0.2) is 9.18 Å². The summed E-state index contributed by atoms with van der Waals surface area (Å²) in [6.07, 6.45) is 3.99. The van der Waals surface area contributed by atoms with Gasteiger partial charge in [0.25, 0.3) is 0 Å². The lowest BCUT2D eigenvalue weighted by atomic mass is 10.1. The fourth-order valence-corrected chi connectivity index (χ4v) is 3.09. The first kappa shape index (κ1) is 18.7. The first-order valence-corrected chi connectivity index (χ1v) is 8.85. The van der Waals surface area contributed by atoms with Crippen molar-refractivity contribution in [1.82, 2.24) is 4.90 Å². The number of rotatable bonds is 8. The third-order valence-corrected chi connectivity index (χ3v) is 4.72. The molecule has 0 saturated heterocycles. The van der Waals surface area contributed by atoms with E-state index in [1.165, 1.54) is 18.2 Å². The van der Waals surface area contributed by atoms with Crippen molar-refractivity contribution in [1.29, 1.82) is 0 Å². The van der Waals surface area contributed by atoms with Crippen LogP contribution in [0.3, 0.4) is 0 Å². The maximum atomic E-state index is 14.0. The van der Waals surface area contributed by atoms with Crippen LogP contribution in [-0.4, -0.2) is 42.7 Å². The number of likely N-dealkylation sites (N-methyl/N-ethyl adjacent to an activating group) is 1. The molecule has 24 heavy (non-hydrogen) atoms. The molecule has 1 aromatic rings. The van der Waals surface area contributed by atoms with Crippen LogP contribution in [0.4, 0.5) is 4.39 Å². The maximum Gasteiger partial charge on any atom is 0.338 e. The van der Waals surface area contributed by atoms with E-state index in [1.807, 2.05) is 6.92 Å². The fourth-order valence-electron chi connectivity index (χ4n) is 3.09. The summed E-state index contributed by atoms with van der Waals surface area (Å²) in [5.41, 5.74) is -0.0147. The maximum absolute atomic E-state index is 14.0. The SMILES string of the molecule is CCN(CC)CCOC(=O)c1ccc(F)c(OC2(C)CCCC2)c1. The fraction of sp³-hybridized carbons (Fsp3) is 0.632. The molecule has 0 unspecified atom stereocenters. The van der Waals surface area contributed by atoms with Crippen molar-refractivity contribution in [2.45, 2.75) is 52.1 Å². The molecule has 0 heterocycles. The standard InChI is InChI=1S/C19H28FNO3/c1-4-21(5-2)12-13-23-18(22)15-8-9-16(20)17(14-15)24-19(3)10-6-7-11-19/h8-9,14H,4-7,10-13H2,1-3H3. The molecule has 0 radical (unpaired) electrons. The highest BCUT2D eigenvalue weighted by atomic mass is 19.1. The molecule has 0 amide bonds. The molecule has 1 aliphatic rings. The van der Waals surface area contributed by atoms with Gasteiger partial charge < -0.3 is 14.4 Å². The van der Waals surface area contributed by atoms with Gasteiger partial charge in [-0.05, 0) is 63.9 Å². The highest BCUT2D eigenvalue weighted by Crippen LogP contribution is 2.35. The van der Waals surface area contributed by atoms with Gasteiger partial charge in [0.05, 0.1) is 5.56 Å². The van der Waals surface area contributed by atoms with Crippen molar-refractivity contribution in [3.05, 3.63) is 29.6 Å². The molecule has 2 rings (SSSR count). The summed E-state index contributed by atoms with van der Waals surface area (Å²) in [4.78, 5) is 14.3. The highest BCUT2D eigenvalue weighted by Gasteiger charge is 2.31. The Morgan fingerprint density at radius 3 is 2.54 bits per heavy atom. The van der Waals surface area contributed by atoms with Crippen LogP contribution in [-0.2, 0) is 4.74 Å². The van der Waals surface area contributed by atoms with E-state index in [4.69, 9.17) is 9.47 Å². The molecule has 0 N–H and O–H groups in total. The van der Waals surface area contributed by atoms with Crippen LogP contribution in [0.5, 0.6) is 5.75 Å². The van der Waals surface area contributed by atoms with Crippen LogP contribution in [0.15, 0.2) is 18.2 Å². The monoisotopic (exact) mass is 337 g/mol. The molecule has 1 saturated carbocycles. The van der Waals surface area contributed by atoms with Crippen molar-refractivity contribution in [2.24, 2.45) is 0 Å². The van der Waals surface area contributed by atoms with Crippen molar-refractivity contribution >= 4 is 5.97 Å². The summed E-state index contributed by atoms with van der Waals surface area (Å²) >= 11 is 0. The number of ether oxygens (including phenoxy) is 2. The van der Waals surface area contributed by atoms with Gasteiger partial charge in [-0.3, -0.25) is 0 Å². The summed E-state index contributed by atoms with van der Waals surface area (Å²) in [6, 6.07) is 4.17. The molecule has 0 bridgehead atoms. The molecule has 134 valence electrons. The van der Waals surface area contributed by atoms with E-state index in [-0.39, 0.29) is 11.4 Å². The summed E-state index contributed by atoms with van der Waals surface area (Å²) in [6.45, 7) is 8.99. The predicted molar refractivity (Wildman–Crippen MR) is 92.0 cm³/mol. The minimum atomic E-state index is -0.442. The second kappa shape index (κ2) is 8.47. The Morgan fingerprint density at radius 1 is 1.25 bits per heavy atom. The Kier molecular flexibility index (Phi) is 6.60. The number of nitrogens with zero attached hydrogens (tertiary/aromatic N) is 1. The second-order valence-electron chi connectivity index (χ2n) is 6.57. The van der Waals surface area contributed by atoms with Gasteiger partial charge in [-0.15, -0.1) is 0 Å². The first-order chi connectivity index (χ1) is 11.5. The second-order valence-corrected chi connectivity index (χ2v) is 6.57. The summed E-state index contributed by atoms with van der Waals surface area (Å²) < 4.78 is 25.2. The predicted octanol–water partition coefficient (Wildman–Crippen LogP) is 4.04. The van der Waals surface area contributed by atoms with Crippen LogP contribution in [0.1, 0.15) is 56.8 Å². The number of hydrogen-bond acceptors (Lipinski definition) is 4. The van der Waals surface area contributed by atoms with Crippen LogP contribution >= 0.6 is 0 Å². The Hall–Kier alpha value is -1.62. The lowest BCUT2D eigenvalue weighted by Crippen LogP contribution is -2.29. The summed E-state index contributed by atoms with van der Waals surface area (Å²) in [7, 11) is 0. The molecule has 1 aromatic carbocycles.